The predicted molar refractivity (Wildman–Crippen MR) is 117 cm³/mol. The summed E-state index contributed by atoms with van der Waals surface area (Å²) < 4.78 is 5.78. The maximum absolute atomic E-state index is 12.3. The molecule has 0 aliphatic carbocycles. The van der Waals surface area contributed by atoms with Gasteiger partial charge in [-0.05, 0) is 54.4 Å². The smallest absolute Gasteiger partial charge is 0.357 e. The Morgan fingerprint density at radius 3 is 2.29 bits per heavy atom. The van der Waals surface area contributed by atoms with Crippen LogP contribution in [0.25, 0.3) is 0 Å². The number of carbonyl (C=O) groups is 2. The molecule has 0 unspecified atom stereocenters. The minimum absolute atomic E-state index is 0.108. The Labute approximate surface area is 187 Å². The van der Waals surface area contributed by atoms with E-state index in [4.69, 9.17) is 22.2 Å². The van der Waals surface area contributed by atoms with Crippen LogP contribution in [0.15, 0.2) is 59.3 Å². The van der Waals surface area contributed by atoms with E-state index in [0.717, 1.165) is 27.8 Å². The molecule has 3 atom stereocenters. The molecule has 1 saturated heterocycles. The fourth-order valence-electron chi connectivity index (χ4n) is 3.47. The lowest BCUT2D eigenvalue weighted by Crippen LogP contribution is -2.60. The van der Waals surface area contributed by atoms with Gasteiger partial charge in [0.15, 0.2) is 10.8 Å². The number of aliphatic carboxylic acids is 1. The van der Waals surface area contributed by atoms with Crippen molar-refractivity contribution in [2.75, 3.05) is 0 Å². The molecule has 0 aromatic heterocycles. The third-order valence-electron chi connectivity index (χ3n) is 5.07. The topological polar surface area (TPSA) is 111 Å². The van der Waals surface area contributed by atoms with E-state index in [1.807, 2.05) is 0 Å². The fourth-order valence-corrected chi connectivity index (χ4v) is 5.20. The van der Waals surface area contributed by atoms with Crippen LogP contribution in [0.5, 0.6) is 5.75 Å². The molecule has 2 N–H and O–H groups in total. The summed E-state index contributed by atoms with van der Waals surface area (Å²) in [4.78, 5) is 25.7. The van der Waals surface area contributed by atoms with Crippen molar-refractivity contribution in [2.45, 2.75) is 18.4 Å². The van der Waals surface area contributed by atoms with Crippen LogP contribution < -0.4 is 4.74 Å². The summed E-state index contributed by atoms with van der Waals surface area (Å²) in [6, 6.07) is 15.9. The summed E-state index contributed by atoms with van der Waals surface area (Å²) in [5.74, 6) is -1.95. The van der Waals surface area contributed by atoms with Crippen molar-refractivity contribution in [2.24, 2.45) is 5.92 Å². The molecule has 2 aromatic rings. The van der Waals surface area contributed by atoms with Gasteiger partial charge < -0.3 is 14.9 Å². The van der Waals surface area contributed by atoms with Crippen LogP contribution in [-0.4, -0.2) is 43.3 Å². The van der Waals surface area contributed by atoms with Gasteiger partial charge in [-0.15, -0.1) is 0 Å². The number of carboxylic acids is 1. The van der Waals surface area contributed by atoms with Crippen molar-refractivity contribution in [3.63, 3.8) is 0 Å². The van der Waals surface area contributed by atoms with E-state index >= 15 is 0 Å². The number of benzene rings is 2. The van der Waals surface area contributed by atoms with E-state index < -0.39 is 29.3 Å². The number of aliphatic hydroxyl groups is 1. The minimum Gasteiger partial charge on any atom is -0.476 e. The maximum Gasteiger partial charge on any atom is 0.357 e. The standard InChI is InChI=1S/C22H16N2O5S2/c1-11(25)16-19(26)24-17(21(27)28)22(31-20(16)24)29-15-8-6-14(7-9-15)18(30)13-4-2-12(10-23)3-5-13/h2-9,11,16,20,25H,1H3,(H,27,28)/t11-,16+,20-/m1/s1. The highest BCUT2D eigenvalue weighted by atomic mass is 32.2. The van der Waals surface area contributed by atoms with Crippen molar-refractivity contribution < 1.29 is 24.5 Å². The zero-order chi connectivity index (χ0) is 22.3. The van der Waals surface area contributed by atoms with Gasteiger partial charge in [0, 0.05) is 0 Å². The first-order chi connectivity index (χ1) is 14.8. The van der Waals surface area contributed by atoms with Gasteiger partial charge in [-0.2, -0.15) is 5.26 Å². The highest BCUT2D eigenvalue weighted by Gasteiger charge is 2.58. The molecule has 7 nitrogen and oxygen atoms in total. The molecule has 9 heteroatoms. The lowest BCUT2D eigenvalue weighted by molar-refractivity contribution is -0.156. The van der Waals surface area contributed by atoms with Gasteiger partial charge in [0.25, 0.3) is 0 Å². The number of thiocarbonyl (C=S) groups is 1. The number of carboxylic acid groups (broad SMARTS) is 1. The van der Waals surface area contributed by atoms with E-state index in [-0.39, 0.29) is 10.8 Å². The predicted octanol–water partition coefficient (Wildman–Crippen LogP) is 2.87. The second-order valence-electron chi connectivity index (χ2n) is 7.07. The molecule has 1 fully saturated rings. The molecular formula is C22H16N2O5S2. The summed E-state index contributed by atoms with van der Waals surface area (Å²) in [6.45, 7) is 1.51. The van der Waals surface area contributed by atoms with E-state index in [0.29, 0.717) is 16.2 Å². The molecule has 31 heavy (non-hydrogen) atoms. The molecule has 2 aliphatic rings. The van der Waals surface area contributed by atoms with Crippen molar-refractivity contribution in [1.29, 1.82) is 5.26 Å². The number of carbonyl (C=O) groups excluding carboxylic acids is 1. The summed E-state index contributed by atoms with van der Waals surface area (Å²) in [6.07, 6.45) is -0.877. The average molecular weight is 453 g/mol. The maximum atomic E-state index is 12.3. The third-order valence-corrected chi connectivity index (χ3v) is 6.78. The normalized spacial score (nSPS) is 20.5. The zero-order valence-electron chi connectivity index (χ0n) is 16.2. The van der Waals surface area contributed by atoms with Gasteiger partial charge in [-0.3, -0.25) is 9.69 Å². The van der Waals surface area contributed by atoms with Crippen molar-refractivity contribution in [3.8, 4) is 11.8 Å². The van der Waals surface area contributed by atoms with Gasteiger partial charge >= 0.3 is 5.97 Å². The number of thioether (sulfide) groups is 1. The fraction of sp³-hybridized carbons (Fsp3) is 0.182. The van der Waals surface area contributed by atoms with E-state index in [1.165, 1.54) is 6.92 Å². The van der Waals surface area contributed by atoms with Crippen molar-refractivity contribution in [1.82, 2.24) is 4.90 Å². The largest absolute Gasteiger partial charge is 0.476 e. The van der Waals surface area contributed by atoms with E-state index in [2.05, 4.69) is 6.07 Å². The van der Waals surface area contributed by atoms with E-state index in [1.54, 1.807) is 48.5 Å². The number of ether oxygens (including phenoxy) is 1. The molecule has 2 aromatic carbocycles. The highest BCUT2D eigenvalue weighted by molar-refractivity contribution is 8.03. The van der Waals surface area contributed by atoms with Gasteiger partial charge in [-0.1, -0.05) is 36.1 Å². The molecular weight excluding hydrogens is 436 g/mol. The lowest BCUT2D eigenvalue weighted by atomic mass is 9.92. The molecule has 0 saturated carbocycles. The third kappa shape index (κ3) is 3.70. The van der Waals surface area contributed by atoms with Gasteiger partial charge in [-0.25, -0.2) is 4.79 Å². The first-order valence-corrected chi connectivity index (χ1v) is 10.6. The Bertz CT molecular complexity index is 1150. The van der Waals surface area contributed by atoms with Crippen LogP contribution in [0.4, 0.5) is 0 Å². The highest BCUT2D eigenvalue weighted by Crippen LogP contribution is 2.50. The number of nitrogens with zero attached hydrogens (tertiary/aromatic N) is 2. The molecule has 0 spiro atoms. The SMILES string of the molecule is C[C@@H](O)[C@H]1C(=O)N2C(C(=O)O)=C(Oc3ccc(C(=S)c4ccc(C#N)cc4)cc3)S[C@H]12. The number of hydrogen-bond acceptors (Lipinski definition) is 7. The molecule has 2 heterocycles. The summed E-state index contributed by atoms with van der Waals surface area (Å²) >= 11 is 6.63. The number of β-lactam (4-membered cyclic amide) rings is 1. The van der Waals surface area contributed by atoms with Crippen molar-refractivity contribution >= 4 is 40.7 Å². The van der Waals surface area contributed by atoms with Crippen molar-refractivity contribution in [3.05, 3.63) is 76.0 Å². The Hall–Kier alpha value is -3.19. The van der Waals surface area contributed by atoms with Crippen LogP contribution in [0.2, 0.25) is 0 Å². The van der Waals surface area contributed by atoms with Crippen LogP contribution in [0.3, 0.4) is 0 Å². The van der Waals surface area contributed by atoms with Gasteiger partial charge in [0.05, 0.1) is 28.5 Å². The number of fused-ring (bicyclic) bond motifs is 1. The number of hydrogen-bond donors (Lipinski definition) is 2. The Kier molecular flexibility index (Phi) is 5.54. The number of rotatable bonds is 6. The number of amides is 1. The van der Waals surface area contributed by atoms with Crippen LogP contribution in [-0.2, 0) is 9.59 Å². The number of aliphatic hydroxyl groups excluding tert-OH is 1. The molecule has 0 bridgehead atoms. The minimum atomic E-state index is -1.26. The first-order valence-electron chi connectivity index (χ1n) is 9.30. The van der Waals surface area contributed by atoms with Crippen LogP contribution in [0, 0.1) is 17.2 Å². The summed E-state index contributed by atoms with van der Waals surface area (Å²) in [7, 11) is 0. The molecule has 2 aliphatic heterocycles. The Balaban J connectivity index is 1.52. The summed E-state index contributed by atoms with van der Waals surface area (Å²) in [5.41, 5.74) is 1.91. The number of nitriles is 1. The van der Waals surface area contributed by atoms with Crippen LogP contribution >= 0.6 is 24.0 Å². The second kappa shape index (κ2) is 8.15. The average Bonchev–Trinajstić information content (AvgIpc) is 3.07. The molecule has 4 rings (SSSR count). The molecule has 0 radical (unpaired) electrons. The van der Waals surface area contributed by atoms with Gasteiger partial charge in [0.2, 0.25) is 5.91 Å². The van der Waals surface area contributed by atoms with E-state index in [9.17, 15) is 19.8 Å². The first kappa shape index (κ1) is 21.1. The summed E-state index contributed by atoms with van der Waals surface area (Å²) in [5, 5.41) is 27.9. The quantitative estimate of drug-likeness (QED) is 0.391. The zero-order valence-corrected chi connectivity index (χ0v) is 17.8. The second-order valence-corrected chi connectivity index (χ2v) is 8.57. The monoisotopic (exact) mass is 452 g/mol. The van der Waals surface area contributed by atoms with Gasteiger partial charge in [0.1, 0.15) is 11.1 Å². The molecule has 156 valence electrons. The molecule has 1 amide bonds. The van der Waals surface area contributed by atoms with Crippen LogP contribution in [0.1, 0.15) is 23.6 Å². The Morgan fingerprint density at radius 1 is 1.19 bits per heavy atom. The Morgan fingerprint density at radius 2 is 1.77 bits per heavy atom. The lowest BCUT2D eigenvalue weighted by Gasteiger charge is -2.43.